The van der Waals surface area contributed by atoms with Crippen LogP contribution in [-0.2, 0) is 16.1 Å². The summed E-state index contributed by atoms with van der Waals surface area (Å²) in [6.07, 6.45) is 0.466. The van der Waals surface area contributed by atoms with E-state index in [0.717, 1.165) is 5.56 Å². The lowest BCUT2D eigenvalue weighted by molar-refractivity contribution is -0.143. The molecule has 0 aliphatic heterocycles. The summed E-state index contributed by atoms with van der Waals surface area (Å²) in [5.41, 5.74) is 0.874. The molecule has 6 nitrogen and oxygen atoms in total. The van der Waals surface area contributed by atoms with E-state index in [1.54, 1.807) is 30.2 Å². The van der Waals surface area contributed by atoms with Crippen molar-refractivity contribution in [2.45, 2.75) is 39.8 Å². The summed E-state index contributed by atoms with van der Waals surface area (Å²) in [6, 6.07) is 11.5. The first-order chi connectivity index (χ1) is 15.2. The van der Waals surface area contributed by atoms with Gasteiger partial charge in [-0.05, 0) is 48.2 Å². The summed E-state index contributed by atoms with van der Waals surface area (Å²) in [5.74, 6) is 0.865. The summed E-state index contributed by atoms with van der Waals surface area (Å²) >= 11 is 12.1. The Labute approximate surface area is 199 Å². The zero-order valence-electron chi connectivity index (χ0n) is 18.9. The Bertz CT molecular complexity index is 903. The van der Waals surface area contributed by atoms with Crippen LogP contribution in [0.3, 0.4) is 0 Å². The first kappa shape index (κ1) is 25.8. The van der Waals surface area contributed by atoms with Gasteiger partial charge in [0, 0.05) is 18.1 Å². The Morgan fingerprint density at radius 1 is 1.09 bits per heavy atom. The molecule has 0 aromatic heterocycles. The van der Waals surface area contributed by atoms with Crippen LogP contribution in [-0.4, -0.2) is 43.0 Å². The molecule has 0 spiro atoms. The molecule has 2 rings (SSSR count). The minimum atomic E-state index is -0.632. The van der Waals surface area contributed by atoms with Crippen LogP contribution in [0, 0.1) is 5.92 Å². The van der Waals surface area contributed by atoms with Crippen LogP contribution in [0.4, 0.5) is 0 Å². The molecule has 0 aliphatic rings. The number of ether oxygens (including phenoxy) is 2. The SMILES string of the molecule is CCC(C(=O)NCC(C)C)N(Cc1ccc(OC)cc1)C(=O)COc1ccc(Cl)cc1Cl. The van der Waals surface area contributed by atoms with E-state index in [4.69, 9.17) is 32.7 Å². The molecule has 1 N–H and O–H groups in total. The fourth-order valence-electron chi connectivity index (χ4n) is 3.08. The van der Waals surface area contributed by atoms with Crippen LogP contribution < -0.4 is 14.8 Å². The maximum atomic E-state index is 13.2. The highest BCUT2D eigenvalue weighted by molar-refractivity contribution is 6.35. The predicted octanol–water partition coefficient (Wildman–Crippen LogP) is 4.96. The average Bonchev–Trinajstić information content (AvgIpc) is 2.77. The molecule has 2 amide bonds. The summed E-state index contributed by atoms with van der Waals surface area (Å²) in [4.78, 5) is 27.6. The molecule has 8 heteroatoms. The van der Waals surface area contributed by atoms with Gasteiger partial charge in [-0.15, -0.1) is 0 Å². The monoisotopic (exact) mass is 480 g/mol. The normalized spacial score (nSPS) is 11.7. The van der Waals surface area contributed by atoms with Gasteiger partial charge in [-0.2, -0.15) is 0 Å². The van der Waals surface area contributed by atoms with Crippen molar-refractivity contribution in [1.82, 2.24) is 10.2 Å². The molecule has 174 valence electrons. The van der Waals surface area contributed by atoms with Crippen LogP contribution in [0.2, 0.25) is 10.0 Å². The van der Waals surface area contributed by atoms with Crippen molar-refractivity contribution in [2.24, 2.45) is 5.92 Å². The number of nitrogens with one attached hydrogen (secondary N) is 1. The molecule has 0 aliphatic carbocycles. The molecule has 0 heterocycles. The van der Waals surface area contributed by atoms with E-state index in [-0.39, 0.29) is 25.0 Å². The van der Waals surface area contributed by atoms with E-state index in [1.165, 1.54) is 0 Å². The van der Waals surface area contributed by atoms with E-state index >= 15 is 0 Å². The molecule has 1 unspecified atom stereocenters. The van der Waals surface area contributed by atoms with Crippen LogP contribution in [0.15, 0.2) is 42.5 Å². The quantitative estimate of drug-likeness (QED) is 0.493. The first-order valence-electron chi connectivity index (χ1n) is 10.5. The van der Waals surface area contributed by atoms with Gasteiger partial charge < -0.3 is 19.7 Å². The van der Waals surface area contributed by atoms with Crippen molar-refractivity contribution in [3.63, 3.8) is 0 Å². The van der Waals surface area contributed by atoms with Gasteiger partial charge in [-0.25, -0.2) is 0 Å². The van der Waals surface area contributed by atoms with Gasteiger partial charge >= 0.3 is 0 Å². The number of nitrogens with zero attached hydrogens (tertiary/aromatic N) is 1. The van der Waals surface area contributed by atoms with Gasteiger partial charge in [0.15, 0.2) is 6.61 Å². The fraction of sp³-hybridized carbons (Fsp3) is 0.417. The van der Waals surface area contributed by atoms with Crippen LogP contribution in [0.5, 0.6) is 11.5 Å². The highest BCUT2D eigenvalue weighted by Crippen LogP contribution is 2.27. The van der Waals surface area contributed by atoms with Gasteiger partial charge in [-0.1, -0.05) is 56.1 Å². The lowest BCUT2D eigenvalue weighted by atomic mass is 10.1. The molecule has 2 aromatic carbocycles. The van der Waals surface area contributed by atoms with Crippen molar-refractivity contribution in [2.75, 3.05) is 20.3 Å². The largest absolute Gasteiger partial charge is 0.497 e. The summed E-state index contributed by atoms with van der Waals surface area (Å²) in [5, 5.41) is 3.72. The number of amides is 2. The van der Waals surface area contributed by atoms with E-state index < -0.39 is 6.04 Å². The Kier molecular flexibility index (Phi) is 10.1. The molecular formula is C24H30Cl2N2O4. The Hall–Kier alpha value is -2.44. The third-order valence-corrected chi connectivity index (χ3v) is 5.36. The number of methoxy groups -OCH3 is 1. The Balaban J connectivity index is 2.21. The van der Waals surface area contributed by atoms with Crippen molar-refractivity contribution in [3.05, 3.63) is 58.1 Å². The second-order valence-electron chi connectivity index (χ2n) is 7.80. The van der Waals surface area contributed by atoms with Gasteiger partial charge in [0.05, 0.1) is 12.1 Å². The zero-order valence-corrected chi connectivity index (χ0v) is 20.4. The number of carbonyl (C=O) groups excluding carboxylic acids is 2. The minimum absolute atomic E-state index is 0.187. The zero-order chi connectivity index (χ0) is 23.7. The maximum Gasteiger partial charge on any atom is 0.261 e. The lowest BCUT2D eigenvalue weighted by Gasteiger charge is -2.31. The highest BCUT2D eigenvalue weighted by Gasteiger charge is 2.29. The third kappa shape index (κ3) is 7.61. The first-order valence-corrected chi connectivity index (χ1v) is 11.3. The molecule has 0 fully saturated rings. The van der Waals surface area contributed by atoms with Crippen molar-refractivity contribution < 1.29 is 19.1 Å². The van der Waals surface area contributed by atoms with Gasteiger partial charge in [-0.3, -0.25) is 9.59 Å². The van der Waals surface area contributed by atoms with E-state index in [9.17, 15) is 9.59 Å². The predicted molar refractivity (Wildman–Crippen MR) is 127 cm³/mol. The second-order valence-corrected chi connectivity index (χ2v) is 8.64. The van der Waals surface area contributed by atoms with E-state index in [2.05, 4.69) is 5.32 Å². The number of halogens is 2. The summed E-state index contributed by atoms with van der Waals surface area (Å²) < 4.78 is 10.9. The number of hydrogen-bond acceptors (Lipinski definition) is 4. The third-order valence-electron chi connectivity index (χ3n) is 4.83. The second kappa shape index (κ2) is 12.6. The molecule has 0 saturated heterocycles. The molecule has 32 heavy (non-hydrogen) atoms. The molecule has 1 atom stereocenters. The molecule has 0 saturated carbocycles. The smallest absolute Gasteiger partial charge is 0.261 e. The minimum Gasteiger partial charge on any atom is -0.497 e. The van der Waals surface area contributed by atoms with Gasteiger partial charge in [0.25, 0.3) is 5.91 Å². The fourth-order valence-corrected chi connectivity index (χ4v) is 3.55. The average molecular weight is 481 g/mol. The standard InChI is InChI=1S/C24H30Cl2N2O4/c1-5-21(24(30)27-13-16(2)3)28(14-17-6-9-19(31-4)10-7-17)23(29)15-32-22-11-8-18(25)12-20(22)26/h6-12,16,21H,5,13-15H2,1-4H3,(H,27,30). The maximum absolute atomic E-state index is 13.2. The summed E-state index contributed by atoms with van der Waals surface area (Å²) in [7, 11) is 1.59. The highest BCUT2D eigenvalue weighted by atomic mass is 35.5. The Morgan fingerprint density at radius 2 is 1.78 bits per heavy atom. The van der Waals surface area contributed by atoms with Gasteiger partial charge in [0.1, 0.15) is 17.5 Å². The van der Waals surface area contributed by atoms with E-state index in [0.29, 0.717) is 40.4 Å². The molecule has 0 radical (unpaired) electrons. The number of rotatable bonds is 11. The lowest BCUT2D eigenvalue weighted by Crippen LogP contribution is -2.50. The topological polar surface area (TPSA) is 67.9 Å². The Morgan fingerprint density at radius 3 is 2.34 bits per heavy atom. The molecule has 2 aromatic rings. The van der Waals surface area contributed by atoms with Crippen molar-refractivity contribution in [3.8, 4) is 11.5 Å². The molecular weight excluding hydrogens is 451 g/mol. The van der Waals surface area contributed by atoms with Crippen molar-refractivity contribution >= 4 is 35.0 Å². The molecule has 0 bridgehead atoms. The van der Waals surface area contributed by atoms with Crippen LogP contribution in [0.25, 0.3) is 0 Å². The summed E-state index contributed by atoms with van der Waals surface area (Å²) in [6.45, 7) is 6.46. The number of benzene rings is 2. The van der Waals surface area contributed by atoms with Crippen LogP contribution >= 0.6 is 23.2 Å². The van der Waals surface area contributed by atoms with Gasteiger partial charge in [0.2, 0.25) is 5.91 Å². The van der Waals surface area contributed by atoms with Crippen molar-refractivity contribution in [1.29, 1.82) is 0 Å². The number of carbonyl (C=O) groups is 2. The number of hydrogen-bond donors (Lipinski definition) is 1. The van der Waals surface area contributed by atoms with E-state index in [1.807, 2.05) is 45.0 Å². The van der Waals surface area contributed by atoms with Crippen LogP contribution in [0.1, 0.15) is 32.8 Å².